The topological polar surface area (TPSA) is 96.3 Å². The lowest BCUT2D eigenvalue weighted by molar-refractivity contribution is 0.102. The van der Waals surface area contributed by atoms with Crippen molar-refractivity contribution in [3.8, 4) is 17.6 Å². The minimum absolute atomic E-state index is 0.240. The Bertz CT molecular complexity index is 1080. The van der Waals surface area contributed by atoms with E-state index in [1.54, 1.807) is 42.6 Å². The molecular weight excluding hydrogens is 356 g/mol. The van der Waals surface area contributed by atoms with Crippen molar-refractivity contribution in [2.45, 2.75) is 6.54 Å². The van der Waals surface area contributed by atoms with E-state index in [1.165, 1.54) is 0 Å². The van der Waals surface area contributed by atoms with E-state index in [4.69, 9.17) is 14.7 Å². The Labute approximate surface area is 161 Å². The molecule has 1 aliphatic rings. The lowest BCUT2D eigenvalue weighted by Crippen LogP contribution is -2.15. The molecule has 1 amide bonds. The predicted molar refractivity (Wildman–Crippen MR) is 103 cm³/mol. The fourth-order valence-corrected chi connectivity index (χ4v) is 2.80. The van der Waals surface area contributed by atoms with E-state index in [0.717, 1.165) is 22.7 Å². The number of rotatable bonds is 5. The van der Waals surface area contributed by atoms with Crippen molar-refractivity contribution in [1.29, 1.82) is 5.26 Å². The summed E-state index contributed by atoms with van der Waals surface area (Å²) in [6.07, 6.45) is 1.56. The van der Waals surface area contributed by atoms with E-state index in [2.05, 4.69) is 21.7 Å². The molecule has 7 heteroatoms. The van der Waals surface area contributed by atoms with Crippen molar-refractivity contribution in [1.82, 2.24) is 4.98 Å². The number of amides is 1. The number of nitrogens with one attached hydrogen (secondary N) is 2. The maximum Gasteiger partial charge on any atom is 0.274 e. The van der Waals surface area contributed by atoms with E-state index >= 15 is 0 Å². The number of pyridine rings is 1. The maximum atomic E-state index is 12.5. The van der Waals surface area contributed by atoms with Gasteiger partial charge in [-0.2, -0.15) is 5.26 Å². The van der Waals surface area contributed by atoms with Crippen LogP contribution in [0.25, 0.3) is 0 Å². The molecule has 2 aromatic carbocycles. The monoisotopic (exact) mass is 372 g/mol. The smallest absolute Gasteiger partial charge is 0.274 e. The normalized spacial score (nSPS) is 11.5. The average molecular weight is 372 g/mol. The van der Waals surface area contributed by atoms with E-state index in [-0.39, 0.29) is 18.4 Å². The number of fused-ring (bicyclic) bond motifs is 1. The Kier molecular flexibility index (Phi) is 4.76. The molecule has 0 saturated heterocycles. The molecule has 138 valence electrons. The highest BCUT2D eigenvalue weighted by Crippen LogP contribution is 2.32. The van der Waals surface area contributed by atoms with Gasteiger partial charge in [-0.15, -0.1) is 0 Å². The number of ether oxygens (including phenoxy) is 2. The highest BCUT2D eigenvalue weighted by atomic mass is 16.7. The second-order valence-corrected chi connectivity index (χ2v) is 6.08. The van der Waals surface area contributed by atoms with Gasteiger partial charge in [-0.1, -0.05) is 18.2 Å². The summed E-state index contributed by atoms with van der Waals surface area (Å²) in [7, 11) is 0. The molecule has 2 N–H and O–H groups in total. The molecule has 0 atom stereocenters. The number of hydrogen-bond acceptors (Lipinski definition) is 6. The number of carbonyl (C=O) groups excluding carboxylic acids is 1. The number of hydrogen-bond donors (Lipinski definition) is 2. The first-order chi connectivity index (χ1) is 13.7. The van der Waals surface area contributed by atoms with Crippen molar-refractivity contribution in [2.75, 3.05) is 17.4 Å². The largest absolute Gasteiger partial charge is 0.454 e. The maximum absolute atomic E-state index is 12.5. The zero-order valence-electron chi connectivity index (χ0n) is 14.8. The molecular formula is C21H16N4O3. The third-order valence-corrected chi connectivity index (χ3v) is 4.22. The second kappa shape index (κ2) is 7.68. The van der Waals surface area contributed by atoms with Gasteiger partial charge in [-0.25, -0.2) is 0 Å². The molecule has 0 unspecified atom stereocenters. The molecule has 3 aromatic rings. The zero-order valence-corrected chi connectivity index (χ0v) is 14.8. The van der Waals surface area contributed by atoms with E-state index in [1.807, 2.05) is 18.2 Å². The first-order valence-corrected chi connectivity index (χ1v) is 8.62. The molecule has 4 rings (SSSR count). The Morgan fingerprint density at radius 1 is 1.11 bits per heavy atom. The molecule has 0 bridgehead atoms. The lowest BCUT2D eigenvalue weighted by atomic mass is 10.2. The number of anilines is 2. The summed E-state index contributed by atoms with van der Waals surface area (Å²) in [5, 5.41) is 15.1. The van der Waals surface area contributed by atoms with Gasteiger partial charge >= 0.3 is 0 Å². The fraction of sp³-hybridized carbons (Fsp3) is 0.0952. The van der Waals surface area contributed by atoms with E-state index in [0.29, 0.717) is 17.8 Å². The molecule has 7 nitrogen and oxygen atoms in total. The van der Waals surface area contributed by atoms with Crippen LogP contribution in [0.5, 0.6) is 11.5 Å². The third-order valence-electron chi connectivity index (χ3n) is 4.22. The molecule has 1 aromatic heterocycles. The first-order valence-electron chi connectivity index (χ1n) is 8.62. The van der Waals surface area contributed by atoms with Crippen LogP contribution in [-0.2, 0) is 6.54 Å². The van der Waals surface area contributed by atoms with Gasteiger partial charge in [-0.3, -0.25) is 9.78 Å². The minimum Gasteiger partial charge on any atom is -0.454 e. The van der Waals surface area contributed by atoms with Gasteiger partial charge in [0.25, 0.3) is 5.91 Å². The summed E-state index contributed by atoms with van der Waals surface area (Å²) in [6.45, 7) is 0.795. The van der Waals surface area contributed by atoms with Crippen LogP contribution in [0.4, 0.5) is 11.4 Å². The van der Waals surface area contributed by atoms with Crippen LogP contribution in [0.1, 0.15) is 21.6 Å². The standard InChI is InChI=1S/C21H16N4O3/c22-11-15-3-1-2-4-17(15)25-21(26)18-10-16(7-8-23-18)24-12-14-5-6-19-20(9-14)28-13-27-19/h1-10H,12-13H2,(H,23,24)(H,25,26). The number of nitrogens with zero attached hydrogens (tertiary/aromatic N) is 2. The van der Waals surface area contributed by atoms with Crippen molar-refractivity contribution < 1.29 is 14.3 Å². The second-order valence-electron chi connectivity index (χ2n) is 6.08. The molecule has 2 heterocycles. The van der Waals surface area contributed by atoms with Crippen LogP contribution < -0.4 is 20.1 Å². The SMILES string of the molecule is N#Cc1ccccc1NC(=O)c1cc(NCc2ccc3c(c2)OCO3)ccn1. The Morgan fingerprint density at radius 3 is 2.86 bits per heavy atom. The molecule has 0 aliphatic carbocycles. The van der Waals surface area contributed by atoms with Crippen molar-refractivity contribution in [2.24, 2.45) is 0 Å². The average Bonchev–Trinajstić information content (AvgIpc) is 3.21. The summed E-state index contributed by atoms with van der Waals surface area (Å²) in [4.78, 5) is 16.6. The van der Waals surface area contributed by atoms with Gasteiger partial charge in [0.15, 0.2) is 11.5 Å². The number of benzene rings is 2. The summed E-state index contributed by atoms with van der Waals surface area (Å²) in [5.41, 5.74) is 2.88. The van der Waals surface area contributed by atoms with Crippen molar-refractivity contribution >= 4 is 17.3 Å². The third kappa shape index (κ3) is 3.71. The van der Waals surface area contributed by atoms with Gasteiger partial charge < -0.3 is 20.1 Å². The summed E-state index contributed by atoms with van der Waals surface area (Å²) < 4.78 is 10.7. The first kappa shape index (κ1) is 17.4. The zero-order chi connectivity index (χ0) is 19.3. The van der Waals surface area contributed by atoms with E-state index < -0.39 is 0 Å². The quantitative estimate of drug-likeness (QED) is 0.711. The van der Waals surface area contributed by atoms with Crippen LogP contribution in [0.15, 0.2) is 60.8 Å². The minimum atomic E-state index is -0.380. The molecule has 0 radical (unpaired) electrons. The number of carbonyl (C=O) groups is 1. The van der Waals surface area contributed by atoms with Crippen molar-refractivity contribution in [3.63, 3.8) is 0 Å². The van der Waals surface area contributed by atoms with Gasteiger partial charge in [0.2, 0.25) is 6.79 Å². The van der Waals surface area contributed by atoms with Crippen LogP contribution in [0.3, 0.4) is 0 Å². The molecule has 28 heavy (non-hydrogen) atoms. The van der Waals surface area contributed by atoms with Crippen LogP contribution in [0, 0.1) is 11.3 Å². The van der Waals surface area contributed by atoms with Crippen molar-refractivity contribution in [3.05, 3.63) is 77.6 Å². The summed E-state index contributed by atoms with van der Waals surface area (Å²) in [6, 6.07) is 18.1. The number of para-hydroxylation sites is 1. The highest BCUT2D eigenvalue weighted by molar-refractivity contribution is 6.04. The van der Waals surface area contributed by atoms with Gasteiger partial charge in [0.1, 0.15) is 11.8 Å². The molecule has 1 aliphatic heterocycles. The Hall–Kier alpha value is -4.05. The Balaban J connectivity index is 1.44. The predicted octanol–water partition coefficient (Wildman–Crippen LogP) is 3.55. The van der Waals surface area contributed by atoms with Gasteiger partial charge in [0, 0.05) is 18.4 Å². The number of nitriles is 1. The van der Waals surface area contributed by atoms with E-state index in [9.17, 15) is 4.79 Å². The van der Waals surface area contributed by atoms with Gasteiger partial charge in [0.05, 0.1) is 11.3 Å². The molecule has 0 fully saturated rings. The number of aromatic nitrogens is 1. The highest BCUT2D eigenvalue weighted by Gasteiger charge is 2.14. The molecule has 0 spiro atoms. The molecule has 0 saturated carbocycles. The summed E-state index contributed by atoms with van der Waals surface area (Å²) in [5.74, 6) is 1.09. The lowest BCUT2D eigenvalue weighted by Gasteiger charge is -2.10. The summed E-state index contributed by atoms with van der Waals surface area (Å²) >= 11 is 0. The van der Waals surface area contributed by atoms with Crippen LogP contribution >= 0.6 is 0 Å². The van der Waals surface area contributed by atoms with Crippen LogP contribution in [0.2, 0.25) is 0 Å². The van der Waals surface area contributed by atoms with Crippen LogP contribution in [-0.4, -0.2) is 17.7 Å². The fourth-order valence-electron chi connectivity index (χ4n) is 2.80. The van der Waals surface area contributed by atoms with Gasteiger partial charge in [-0.05, 0) is 42.0 Å². The Morgan fingerprint density at radius 2 is 1.96 bits per heavy atom.